The van der Waals surface area contributed by atoms with Gasteiger partial charge in [-0.3, -0.25) is 9.78 Å². The van der Waals surface area contributed by atoms with Crippen molar-refractivity contribution in [2.45, 2.75) is 58.6 Å². The topological polar surface area (TPSA) is 115 Å². The van der Waals surface area contributed by atoms with Crippen molar-refractivity contribution >= 4 is 38.3 Å². The van der Waals surface area contributed by atoms with Crippen LogP contribution >= 0.6 is 0 Å². The number of anilines is 1. The summed E-state index contributed by atoms with van der Waals surface area (Å²) in [6.45, 7) is 9.98. The fourth-order valence-corrected chi connectivity index (χ4v) is 8.13. The Morgan fingerprint density at radius 2 is 1.78 bits per heavy atom. The van der Waals surface area contributed by atoms with Gasteiger partial charge in [0.1, 0.15) is 17.1 Å². The molecule has 1 fully saturated rings. The van der Waals surface area contributed by atoms with Gasteiger partial charge in [0.15, 0.2) is 0 Å². The van der Waals surface area contributed by atoms with Crippen LogP contribution in [-0.2, 0) is 21.2 Å². The molecule has 0 saturated carbocycles. The Balaban J connectivity index is 1.45. The number of fused-ring (bicyclic) bond motifs is 1. The molecule has 46 heavy (non-hydrogen) atoms. The second kappa shape index (κ2) is 12.1. The molecule has 2 aromatic heterocycles. The Morgan fingerprint density at radius 3 is 2.46 bits per heavy atom. The Morgan fingerprint density at radius 1 is 1.04 bits per heavy atom. The summed E-state index contributed by atoms with van der Waals surface area (Å²) >= 11 is 0. The van der Waals surface area contributed by atoms with E-state index < -0.39 is 20.2 Å². The molecular weight excluding hydrogens is 600 g/mol. The van der Waals surface area contributed by atoms with Crippen LogP contribution in [0, 0.1) is 19.3 Å². The van der Waals surface area contributed by atoms with Crippen molar-refractivity contribution < 1.29 is 22.5 Å². The van der Waals surface area contributed by atoms with Crippen LogP contribution < -0.4 is 9.46 Å². The average molecular weight is 641 g/mol. The quantitative estimate of drug-likeness (QED) is 0.207. The van der Waals surface area contributed by atoms with E-state index in [4.69, 9.17) is 14.2 Å². The predicted molar refractivity (Wildman–Crippen MR) is 180 cm³/mol. The Kier molecular flexibility index (Phi) is 8.27. The number of carbonyl (C=O) groups excluding carboxylic acids is 1. The van der Waals surface area contributed by atoms with E-state index in [1.165, 1.54) is 0 Å². The maximum atomic E-state index is 14.9. The number of carbonyl (C=O) groups is 1. The molecule has 1 aliphatic heterocycles. The highest BCUT2D eigenvalue weighted by Crippen LogP contribution is 2.46. The number of hydrogen-bond acceptors (Lipinski definition) is 7. The van der Waals surface area contributed by atoms with Crippen molar-refractivity contribution in [2.75, 3.05) is 24.4 Å². The summed E-state index contributed by atoms with van der Waals surface area (Å²) < 4.78 is 42.9. The zero-order chi connectivity index (χ0) is 32.7. The number of benzene rings is 2. The lowest BCUT2D eigenvalue weighted by molar-refractivity contribution is -0.134. The van der Waals surface area contributed by atoms with Crippen LogP contribution in [0.4, 0.5) is 5.88 Å². The van der Waals surface area contributed by atoms with Crippen molar-refractivity contribution in [2.24, 2.45) is 5.41 Å². The van der Waals surface area contributed by atoms with E-state index >= 15 is 0 Å². The summed E-state index contributed by atoms with van der Waals surface area (Å²) in [7, 11) is -4.27. The molecule has 1 aliphatic carbocycles. The first kappa shape index (κ1) is 31.5. The zero-order valence-electron chi connectivity index (χ0n) is 27.0. The smallest absolute Gasteiger partial charge is 0.247 e. The molecule has 0 radical (unpaired) electrons. The van der Waals surface area contributed by atoms with Crippen LogP contribution in [0.15, 0.2) is 82.9 Å². The van der Waals surface area contributed by atoms with Crippen LogP contribution in [0.1, 0.15) is 56.1 Å². The molecule has 0 spiro atoms. The molecular formula is C36H40N4O5S. The number of nitrogens with one attached hydrogen (secondary N) is 1. The second-order valence-electron chi connectivity index (χ2n) is 12.9. The SMILES string of the molecule is CCc1cc(OCC2=CC=C(c3ccccc3)C(CN3CCC(C)(C)C3=O)(S(=O)(=O)Nc3onc(C)c3C)C2)c2ccccc2n1. The van der Waals surface area contributed by atoms with E-state index in [1.807, 2.05) is 93.6 Å². The van der Waals surface area contributed by atoms with Crippen molar-refractivity contribution in [1.29, 1.82) is 0 Å². The Labute approximate surface area is 270 Å². The van der Waals surface area contributed by atoms with E-state index in [2.05, 4.69) is 9.88 Å². The summed E-state index contributed by atoms with van der Waals surface area (Å²) in [6.07, 6.45) is 5.30. The highest BCUT2D eigenvalue weighted by Gasteiger charge is 2.53. The molecule has 4 aromatic rings. The third kappa shape index (κ3) is 5.70. The third-order valence-electron chi connectivity index (χ3n) is 9.30. The van der Waals surface area contributed by atoms with Gasteiger partial charge in [-0.25, -0.2) is 13.1 Å². The summed E-state index contributed by atoms with van der Waals surface area (Å²) in [5.74, 6) is 0.695. The van der Waals surface area contributed by atoms with E-state index in [0.717, 1.165) is 34.2 Å². The van der Waals surface area contributed by atoms with E-state index in [-0.39, 0.29) is 31.4 Å². The van der Waals surface area contributed by atoms with Gasteiger partial charge in [0.05, 0.1) is 11.2 Å². The van der Waals surface area contributed by atoms with Crippen LogP contribution in [0.2, 0.25) is 0 Å². The van der Waals surface area contributed by atoms with E-state index in [9.17, 15) is 13.2 Å². The minimum atomic E-state index is -4.27. The third-order valence-corrected chi connectivity index (χ3v) is 11.3. The molecule has 6 rings (SSSR count). The van der Waals surface area contributed by atoms with Gasteiger partial charge in [-0.15, -0.1) is 0 Å². The molecule has 1 unspecified atom stereocenters. The molecule has 10 heteroatoms. The minimum Gasteiger partial charge on any atom is -0.488 e. The second-order valence-corrected chi connectivity index (χ2v) is 14.9. The van der Waals surface area contributed by atoms with E-state index in [1.54, 1.807) is 18.7 Å². The van der Waals surface area contributed by atoms with Crippen LogP contribution in [-0.4, -0.2) is 53.8 Å². The lowest BCUT2D eigenvalue weighted by Crippen LogP contribution is -2.54. The zero-order valence-corrected chi connectivity index (χ0v) is 27.8. The molecule has 2 aromatic carbocycles. The maximum Gasteiger partial charge on any atom is 0.247 e. The number of rotatable bonds is 10. The molecule has 1 saturated heterocycles. The number of para-hydroxylation sites is 1. The Hall–Kier alpha value is -4.44. The lowest BCUT2D eigenvalue weighted by Gasteiger charge is -2.41. The van der Waals surface area contributed by atoms with Gasteiger partial charge >= 0.3 is 0 Å². The first-order valence-electron chi connectivity index (χ1n) is 15.7. The summed E-state index contributed by atoms with van der Waals surface area (Å²) in [5.41, 5.74) is 4.50. The summed E-state index contributed by atoms with van der Waals surface area (Å²) in [5, 5.41) is 4.87. The molecule has 9 nitrogen and oxygen atoms in total. The van der Waals surface area contributed by atoms with Gasteiger partial charge in [-0.1, -0.05) is 80.5 Å². The molecule has 0 bridgehead atoms. The fraction of sp³-hybridized carbons (Fsp3) is 0.361. The highest BCUT2D eigenvalue weighted by atomic mass is 32.2. The van der Waals surface area contributed by atoms with Crippen LogP contribution in [0.3, 0.4) is 0 Å². The van der Waals surface area contributed by atoms with E-state index in [0.29, 0.717) is 35.5 Å². The largest absolute Gasteiger partial charge is 0.488 e. The number of nitrogens with zero attached hydrogens (tertiary/aromatic N) is 3. The van der Waals surface area contributed by atoms with Gasteiger partial charge in [0, 0.05) is 41.2 Å². The normalized spacial score (nSPS) is 19.7. The van der Waals surface area contributed by atoms with Crippen LogP contribution in [0.5, 0.6) is 5.75 Å². The molecule has 1 amide bonds. The number of sulfonamides is 1. The average Bonchev–Trinajstić information content (AvgIpc) is 3.50. The Bertz CT molecular complexity index is 1960. The van der Waals surface area contributed by atoms with Gasteiger partial charge < -0.3 is 14.2 Å². The number of ether oxygens (including phenoxy) is 1. The number of allylic oxidation sites excluding steroid dienone is 2. The fourth-order valence-electron chi connectivity index (χ4n) is 6.32. The van der Waals surface area contributed by atoms with Crippen LogP contribution in [0.25, 0.3) is 16.5 Å². The number of hydrogen-bond donors (Lipinski definition) is 1. The number of aryl methyl sites for hydroxylation is 2. The molecule has 240 valence electrons. The number of pyridine rings is 1. The lowest BCUT2D eigenvalue weighted by atomic mass is 9.82. The molecule has 3 heterocycles. The van der Waals surface area contributed by atoms with Crippen molar-refractivity contribution in [3.05, 3.63) is 101 Å². The molecule has 1 N–H and O–H groups in total. The van der Waals surface area contributed by atoms with Crippen molar-refractivity contribution in [1.82, 2.24) is 15.0 Å². The predicted octanol–water partition coefficient (Wildman–Crippen LogP) is 6.63. The first-order valence-corrected chi connectivity index (χ1v) is 17.1. The van der Waals surface area contributed by atoms with Gasteiger partial charge in [0.25, 0.3) is 0 Å². The van der Waals surface area contributed by atoms with Crippen molar-refractivity contribution in [3.63, 3.8) is 0 Å². The first-order chi connectivity index (χ1) is 21.9. The summed E-state index contributed by atoms with van der Waals surface area (Å²) in [6, 6.07) is 19.2. The minimum absolute atomic E-state index is 0.0347. The summed E-state index contributed by atoms with van der Waals surface area (Å²) in [4.78, 5) is 20.0. The number of likely N-dealkylation sites (tertiary alicyclic amines) is 1. The van der Waals surface area contributed by atoms with Gasteiger partial charge in [-0.05, 0) is 62.0 Å². The van der Waals surface area contributed by atoms with Crippen molar-refractivity contribution in [3.8, 4) is 5.75 Å². The number of amides is 1. The molecule has 2 aliphatic rings. The standard InChI is InChI=1S/C36H40N4O5S/c1-6-28-20-32(29-14-10-11-15-31(29)37-28)44-22-26-16-17-30(27-12-8-7-9-13-27)36(21-26,23-40-19-18-35(4,5)34(40)41)46(42,43)39-33-24(2)25(3)38-45-33/h7-17,20,39H,6,18-19,21-23H2,1-5H3. The highest BCUT2D eigenvalue weighted by molar-refractivity contribution is 7.94. The van der Waals surface area contributed by atoms with Gasteiger partial charge in [-0.2, -0.15) is 0 Å². The maximum absolute atomic E-state index is 14.9. The number of aromatic nitrogens is 2. The molecule has 1 atom stereocenters. The monoisotopic (exact) mass is 640 g/mol. The van der Waals surface area contributed by atoms with Gasteiger partial charge in [0.2, 0.25) is 21.8 Å².